The SMILES string of the molecule is CO[C@@H]1CSc2c(-c3ccc(F)c4[nH]c(=O)[nH]c34)c(C(F)(F)F)cc3c(N4C[C@@H](C)N[C@@H](C)C4)nc(=O)n(c23)C1. The lowest BCUT2D eigenvalue weighted by Gasteiger charge is -2.37. The van der Waals surface area contributed by atoms with Gasteiger partial charge in [0.05, 0.1) is 29.2 Å². The highest BCUT2D eigenvalue weighted by Gasteiger charge is 2.39. The summed E-state index contributed by atoms with van der Waals surface area (Å²) in [6.45, 7) is 4.91. The maximum Gasteiger partial charge on any atom is 0.417 e. The molecule has 1 saturated heterocycles. The van der Waals surface area contributed by atoms with Crippen molar-refractivity contribution in [2.45, 2.75) is 49.7 Å². The molecule has 4 heterocycles. The van der Waals surface area contributed by atoms with Crippen molar-refractivity contribution in [2.75, 3.05) is 30.9 Å². The number of aromatic nitrogens is 4. The summed E-state index contributed by atoms with van der Waals surface area (Å²) < 4.78 is 66.2. The largest absolute Gasteiger partial charge is 0.417 e. The summed E-state index contributed by atoms with van der Waals surface area (Å²) in [7, 11) is 1.48. The minimum absolute atomic E-state index is 0.0101. The van der Waals surface area contributed by atoms with E-state index in [9.17, 15) is 27.2 Å². The molecule has 0 saturated carbocycles. The van der Waals surface area contributed by atoms with Crippen LogP contribution >= 0.6 is 11.8 Å². The Bertz CT molecular complexity index is 1750. The van der Waals surface area contributed by atoms with Crippen molar-refractivity contribution in [3.8, 4) is 11.1 Å². The van der Waals surface area contributed by atoms with E-state index in [-0.39, 0.29) is 62.6 Å². The number of alkyl halides is 3. The van der Waals surface area contributed by atoms with E-state index < -0.39 is 35.0 Å². The fraction of sp³-hybridized carbons (Fsp3) is 0.423. The smallest absolute Gasteiger partial charge is 0.379 e. The van der Waals surface area contributed by atoms with E-state index in [2.05, 4.69) is 20.3 Å². The van der Waals surface area contributed by atoms with Crippen LogP contribution in [0.5, 0.6) is 0 Å². The first-order chi connectivity index (χ1) is 19.0. The second-order valence-corrected chi connectivity index (χ2v) is 11.3. The zero-order chi connectivity index (χ0) is 28.5. The van der Waals surface area contributed by atoms with Crippen LogP contribution in [-0.2, 0) is 17.5 Å². The molecule has 0 radical (unpaired) electrons. The number of piperazine rings is 1. The van der Waals surface area contributed by atoms with Crippen LogP contribution < -0.4 is 21.6 Å². The average Bonchev–Trinajstić information content (AvgIpc) is 3.17. The molecule has 0 unspecified atom stereocenters. The van der Waals surface area contributed by atoms with Crippen LogP contribution in [-0.4, -0.2) is 63.7 Å². The number of aromatic amines is 2. The Morgan fingerprint density at radius 3 is 2.45 bits per heavy atom. The number of imidazole rings is 1. The van der Waals surface area contributed by atoms with Gasteiger partial charge in [0.15, 0.2) is 0 Å². The molecule has 212 valence electrons. The molecule has 2 aliphatic heterocycles. The van der Waals surface area contributed by atoms with Crippen molar-refractivity contribution in [1.29, 1.82) is 0 Å². The summed E-state index contributed by atoms with van der Waals surface area (Å²) in [5.41, 5.74) is -2.59. The molecule has 9 nitrogen and oxygen atoms in total. The summed E-state index contributed by atoms with van der Waals surface area (Å²) in [6, 6.07) is 3.30. The summed E-state index contributed by atoms with van der Waals surface area (Å²) in [6.07, 6.45) is -5.31. The Hall–Kier alpha value is -3.36. The maximum absolute atomic E-state index is 14.9. The minimum Gasteiger partial charge on any atom is -0.379 e. The Kier molecular flexibility index (Phi) is 6.46. The van der Waals surface area contributed by atoms with Crippen LogP contribution in [0.15, 0.2) is 32.7 Å². The second-order valence-electron chi connectivity index (χ2n) is 10.3. The van der Waals surface area contributed by atoms with Gasteiger partial charge >= 0.3 is 17.6 Å². The standard InChI is InChI=1S/C26H26F4N6O3S/c1-11-7-35(8-12(2)31-11)23-15-6-16(26(28,29)30)18(14-4-5-17(27)20-19(14)32-24(37)33-20)22-21(15)36(25(38)34-23)9-13(39-3)10-40-22/h4-6,11-13,31H,7-10H2,1-3H3,(H2,32,33,37)/t11-,12+,13-/m0/s1. The third-order valence-electron chi connectivity index (χ3n) is 7.40. The molecule has 0 spiro atoms. The van der Waals surface area contributed by atoms with Crippen molar-refractivity contribution in [2.24, 2.45) is 0 Å². The number of anilines is 1. The monoisotopic (exact) mass is 578 g/mol. The Balaban J connectivity index is 1.76. The van der Waals surface area contributed by atoms with Gasteiger partial charge in [0.25, 0.3) is 0 Å². The molecule has 3 atom stereocenters. The Morgan fingerprint density at radius 1 is 1.07 bits per heavy atom. The van der Waals surface area contributed by atoms with Gasteiger partial charge in [-0.15, -0.1) is 11.8 Å². The fourth-order valence-electron chi connectivity index (χ4n) is 5.81. The van der Waals surface area contributed by atoms with Crippen molar-refractivity contribution < 1.29 is 22.3 Å². The van der Waals surface area contributed by atoms with Crippen LogP contribution in [0.2, 0.25) is 0 Å². The molecule has 40 heavy (non-hydrogen) atoms. The molecule has 4 aromatic rings. The summed E-state index contributed by atoms with van der Waals surface area (Å²) in [5.74, 6) is -0.341. The van der Waals surface area contributed by atoms with Crippen LogP contribution in [0.4, 0.5) is 23.4 Å². The van der Waals surface area contributed by atoms with E-state index in [1.807, 2.05) is 18.7 Å². The van der Waals surface area contributed by atoms with E-state index in [4.69, 9.17) is 4.74 Å². The maximum atomic E-state index is 14.9. The Morgan fingerprint density at radius 2 is 1.77 bits per heavy atom. The summed E-state index contributed by atoms with van der Waals surface area (Å²) >= 11 is 1.13. The van der Waals surface area contributed by atoms with Crippen LogP contribution in [0.1, 0.15) is 19.4 Å². The first-order valence-corrected chi connectivity index (χ1v) is 13.7. The molecule has 0 aliphatic carbocycles. The number of thioether (sulfide) groups is 1. The molecule has 0 bridgehead atoms. The van der Waals surface area contributed by atoms with Crippen molar-refractivity contribution in [1.82, 2.24) is 24.8 Å². The van der Waals surface area contributed by atoms with Crippen LogP contribution in [0, 0.1) is 5.82 Å². The van der Waals surface area contributed by atoms with Crippen molar-refractivity contribution in [3.63, 3.8) is 0 Å². The van der Waals surface area contributed by atoms with E-state index >= 15 is 0 Å². The van der Waals surface area contributed by atoms with E-state index in [0.717, 1.165) is 23.9 Å². The first-order valence-electron chi connectivity index (χ1n) is 12.7. The number of rotatable bonds is 3. The predicted molar refractivity (Wildman–Crippen MR) is 145 cm³/mol. The van der Waals surface area contributed by atoms with E-state index in [1.165, 1.54) is 17.7 Å². The third kappa shape index (κ3) is 4.38. The lowest BCUT2D eigenvalue weighted by molar-refractivity contribution is -0.137. The molecular weight excluding hydrogens is 552 g/mol. The van der Waals surface area contributed by atoms with Crippen LogP contribution in [0.25, 0.3) is 33.1 Å². The normalized spacial score (nSPS) is 21.8. The highest BCUT2D eigenvalue weighted by Crippen LogP contribution is 2.49. The Labute approximate surface area is 228 Å². The molecule has 1 fully saturated rings. The van der Waals surface area contributed by atoms with Gasteiger partial charge < -0.3 is 24.9 Å². The molecule has 2 aromatic heterocycles. The molecule has 2 aliphatic rings. The lowest BCUT2D eigenvalue weighted by Crippen LogP contribution is -2.55. The fourth-order valence-corrected chi connectivity index (χ4v) is 7.12. The third-order valence-corrected chi connectivity index (χ3v) is 8.62. The van der Waals surface area contributed by atoms with Gasteiger partial charge in [-0.05, 0) is 32.0 Å². The quantitative estimate of drug-likeness (QED) is 0.318. The van der Waals surface area contributed by atoms with Gasteiger partial charge in [-0.25, -0.2) is 14.0 Å². The number of halogens is 4. The van der Waals surface area contributed by atoms with E-state index in [1.54, 1.807) is 0 Å². The van der Waals surface area contributed by atoms with Gasteiger partial charge in [-0.2, -0.15) is 18.2 Å². The number of hydrogen-bond acceptors (Lipinski definition) is 7. The van der Waals surface area contributed by atoms with Crippen LogP contribution in [0.3, 0.4) is 0 Å². The number of ether oxygens (including phenoxy) is 1. The van der Waals surface area contributed by atoms with Gasteiger partial charge in [0.2, 0.25) is 0 Å². The number of nitrogens with one attached hydrogen (secondary N) is 3. The number of hydrogen-bond donors (Lipinski definition) is 3. The minimum atomic E-state index is -4.83. The lowest BCUT2D eigenvalue weighted by atomic mass is 9.95. The van der Waals surface area contributed by atoms with Crippen molar-refractivity contribution in [3.05, 3.63) is 50.5 Å². The topological polar surface area (TPSA) is 108 Å². The van der Waals surface area contributed by atoms with Gasteiger partial charge in [-0.1, -0.05) is 0 Å². The first kappa shape index (κ1) is 26.8. The molecule has 2 aromatic carbocycles. The predicted octanol–water partition coefficient (Wildman–Crippen LogP) is 3.70. The second kappa shape index (κ2) is 9.63. The zero-order valence-corrected chi connectivity index (χ0v) is 22.6. The number of nitrogens with zero attached hydrogens (tertiary/aromatic N) is 3. The zero-order valence-electron chi connectivity index (χ0n) is 21.8. The van der Waals surface area contributed by atoms with Gasteiger partial charge in [0, 0.05) is 59.4 Å². The molecule has 0 amide bonds. The summed E-state index contributed by atoms with van der Waals surface area (Å²) in [5, 5.41) is 3.58. The van der Waals surface area contributed by atoms with Crippen molar-refractivity contribution >= 4 is 39.5 Å². The molecule has 6 rings (SSSR count). The van der Waals surface area contributed by atoms with E-state index in [0.29, 0.717) is 18.6 Å². The van der Waals surface area contributed by atoms with Gasteiger partial charge in [0.1, 0.15) is 17.2 Å². The summed E-state index contributed by atoms with van der Waals surface area (Å²) in [4.78, 5) is 36.7. The highest BCUT2D eigenvalue weighted by molar-refractivity contribution is 7.99. The highest BCUT2D eigenvalue weighted by atomic mass is 32.2. The number of benzene rings is 2. The molecule has 14 heteroatoms. The average molecular weight is 579 g/mol. The van der Waals surface area contributed by atoms with Gasteiger partial charge in [-0.3, -0.25) is 4.57 Å². The number of methoxy groups -OCH3 is 1. The number of H-pyrrole nitrogens is 2. The number of fused-ring (bicyclic) bond motifs is 1. The molecule has 3 N–H and O–H groups in total. The molecular formula is C26H26F4N6O3S.